The first-order chi connectivity index (χ1) is 15.0. The van der Waals surface area contributed by atoms with Gasteiger partial charge in [-0.2, -0.15) is 0 Å². The zero-order chi connectivity index (χ0) is 24.0. The Kier molecular flexibility index (Phi) is 11.5. The summed E-state index contributed by atoms with van der Waals surface area (Å²) in [6.07, 6.45) is -0.0457. The van der Waals surface area contributed by atoms with Gasteiger partial charge in [-0.25, -0.2) is 0 Å². The Morgan fingerprint density at radius 3 is 1.56 bits per heavy atom. The number of phenols is 2. The van der Waals surface area contributed by atoms with Crippen molar-refractivity contribution in [2.45, 2.75) is 6.42 Å². The molecule has 3 rings (SSSR count). The van der Waals surface area contributed by atoms with Crippen molar-refractivity contribution in [1.29, 1.82) is 0 Å². The molecule has 0 amide bonds. The fourth-order valence-electron chi connectivity index (χ4n) is 2.51. The van der Waals surface area contributed by atoms with E-state index in [9.17, 15) is 10.2 Å². The summed E-state index contributed by atoms with van der Waals surface area (Å²) in [4.78, 5) is 0. The van der Waals surface area contributed by atoms with Crippen molar-refractivity contribution in [3.63, 3.8) is 0 Å². The number of aromatic hydroxyl groups is 2. The molecule has 0 fully saturated rings. The van der Waals surface area contributed by atoms with E-state index in [1.54, 1.807) is 0 Å². The Labute approximate surface area is 227 Å². The van der Waals surface area contributed by atoms with Crippen molar-refractivity contribution in [1.82, 2.24) is 0 Å². The van der Waals surface area contributed by atoms with E-state index in [-0.39, 0.29) is 59.2 Å². The van der Waals surface area contributed by atoms with E-state index < -0.39 is 32.4 Å². The van der Waals surface area contributed by atoms with Gasteiger partial charge in [-0.15, -0.1) is 0 Å². The quantitative estimate of drug-likeness (QED) is 0.193. The molecule has 0 aliphatic rings. The first-order valence-corrected chi connectivity index (χ1v) is 16.0. The van der Waals surface area contributed by atoms with Gasteiger partial charge in [0.25, 0.3) is 0 Å². The van der Waals surface area contributed by atoms with E-state index in [0.717, 1.165) is 3.07 Å². The van der Waals surface area contributed by atoms with Gasteiger partial charge in [0.05, 0.1) is 30.1 Å². The van der Waals surface area contributed by atoms with Crippen LogP contribution in [0, 0.1) is 0 Å². The van der Waals surface area contributed by atoms with Crippen molar-refractivity contribution < 1.29 is 47.9 Å². The predicted octanol–water partition coefficient (Wildman–Crippen LogP) is 5.90. The summed E-state index contributed by atoms with van der Waals surface area (Å²) >= 11 is 34.0. The largest absolute Gasteiger partial charge is 0.506 e. The average Bonchev–Trinajstić information content (AvgIpc) is 2.76. The molecule has 3 aromatic rings. The van der Waals surface area contributed by atoms with Crippen LogP contribution in [0.15, 0.2) is 42.5 Å². The fraction of sp³-hybridized carbons (Fsp3) is 0.0526. The fourth-order valence-corrected chi connectivity index (χ4v) is 7.07. The molecule has 0 aromatic heterocycles. The molecule has 4 N–H and O–H groups in total. The summed E-state index contributed by atoms with van der Waals surface area (Å²) in [5.74, 6) is -0.504. The Bertz CT molecular complexity index is 974. The molecule has 0 aliphatic carbocycles. The van der Waals surface area contributed by atoms with E-state index in [1.165, 1.54) is 12.1 Å². The first kappa shape index (κ1) is 28.1. The van der Waals surface area contributed by atoms with Crippen molar-refractivity contribution in [3.8, 4) is 11.5 Å². The van der Waals surface area contributed by atoms with Gasteiger partial charge in [-0.3, -0.25) is 0 Å². The van der Waals surface area contributed by atoms with Crippen LogP contribution >= 0.6 is 69.6 Å². The number of halogens is 6. The van der Waals surface area contributed by atoms with E-state index in [1.807, 2.05) is 30.3 Å². The monoisotopic (exact) mass is 744 g/mol. The Morgan fingerprint density at radius 1 is 0.719 bits per heavy atom. The van der Waals surface area contributed by atoms with Gasteiger partial charge in [-0.05, 0) is 12.1 Å². The van der Waals surface area contributed by atoms with Gasteiger partial charge in [-0.1, -0.05) is 69.6 Å². The minimum atomic E-state index is -1.67. The van der Waals surface area contributed by atoms with Crippen molar-refractivity contribution in [2.75, 3.05) is 0 Å². The minimum absolute atomic E-state index is 0.0307. The molecule has 0 saturated heterocycles. The van der Waals surface area contributed by atoms with Gasteiger partial charge in [0.1, 0.15) is 11.5 Å². The van der Waals surface area contributed by atoms with Crippen molar-refractivity contribution >= 4 is 80.0 Å². The minimum Gasteiger partial charge on any atom is -0.506 e. The Morgan fingerprint density at radius 2 is 1.16 bits per heavy atom. The second-order valence-corrected chi connectivity index (χ2v) is 14.2. The normalized spacial score (nSPS) is 10.2. The molecule has 0 heterocycles. The predicted molar refractivity (Wildman–Crippen MR) is 126 cm³/mol. The molecule has 0 atom stereocenters. The second-order valence-electron chi connectivity index (χ2n) is 6.26. The molecule has 166 valence electrons. The van der Waals surface area contributed by atoms with Crippen LogP contribution in [0.3, 0.4) is 0 Å². The van der Waals surface area contributed by atoms with Crippen LogP contribution in [0.4, 0.5) is 0 Å². The van der Waals surface area contributed by atoms with E-state index in [4.69, 9.17) is 82.2 Å². The molecule has 0 aliphatic heterocycles. The van der Waals surface area contributed by atoms with Gasteiger partial charge in [0.2, 0.25) is 0 Å². The van der Waals surface area contributed by atoms with Crippen molar-refractivity contribution in [2.24, 2.45) is 0 Å². The zero-order valence-electron chi connectivity index (χ0n) is 16.0. The zero-order valence-corrected chi connectivity index (χ0v) is 26.0. The van der Waals surface area contributed by atoms with Crippen LogP contribution in [-0.2, 0) is 34.0 Å². The summed E-state index contributed by atoms with van der Waals surface area (Å²) in [6.45, 7) is 0. The molecule has 5 nitrogen and oxygen atoms in total. The van der Waals surface area contributed by atoms with E-state index >= 15 is 0 Å². The number of hydrogen-bond donors (Lipinski definition) is 4. The molecule has 32 heavy (non-hydrogen) atoms. The third kappa shape index (κ3) is 7.70. The number of rotatable bonds is 5. The molecular weight excluding hydrogens is 732 g/mol. The summed E-state index contributed by atoms with van der Waals surface area (Å²) in [7, 11) is -1.59. The standard InChI is InChI=1S/C13H6Cl6O2.C6H5.BH2O3.Hg/c14-6-2-8(16)12(20)4(10(6)18)1-5-11(19)7(15)3-9(17)13(5)21;1-2-4-6-5-3-1;2-1(3)4;/h2-3,20-21H,1H2;1-5H;2-3H;/q;;-1;+1. The average molecular weight is 745 g/mol. The molecule has 3 aromatic carbocycles. The van der Waals surface area contributed by atoms with Crippen LogP contribution in [0.2, 0.25) is 30.1 Å². The first-order valence-electron chi connectivity index (χ1n) is 8.75. The second kappa shape index (κ2) is 13.1. The number of benzene rings is 3. The van der Waals surface area contributed by atoms with E-state index in [2.05, 4.69) is 0 Å². The van der Waals surface area contributed by atoms with Crippen LogP contribution in [0.25, 0.3) is 0 Å². The summed E-state index contributed by atoms with van der Waals surface area (Å²) < 4.78 is 5.90. The molecule has 13 heteroatoms. The maximum atomic E-state index is 10.0. The topological polar surface area (TPSA) is 90.2 Å². The number of hydrogen-bond acceptors (Lipinski definition) is 5. The summed E-state index contributed by atoms with van der Waals surface area (Å²) in [6, 6.07) is 12.3. The molecular formula is C19H13BCl6HgO5. The molecule has 0 unspecified atom stereocenters. The third-order valence-electron chi connectivity index (χ3n) is 4.08. The molecule has 0 bridgehead atoms. The van der Waals surface area contributed by atoms with Gasteiger partial charge in [0, 0.05) is 17.5 Å². The van der Waals surface area contributed by atoms with Crippen LogP contribution < -0.4 is 3.07 Å². The molecule has 0 saturated carbocycles. The Hall–Kier alpha value is -0.120. The maximum absolute atomic E-state index is 10.0. The SMILES string of the molecule is OB(O)[O][Hg][c]1ccccc1.Oc1c(Cl)cc(Cl)c(Cl)c1Cc1c(O)c(Cl)cc(Cl)c1Cl. The smallest absolute Gasteiger partial charge is 0.139 e. The van der Waals surface area contributed by atoms with Gasteiger partial charge < -0.3 is 10.2 Å². The van der Waals surface area contributed by atoms with Gasteiger partial charge in [0.15, 0.2) is 0 Å². The van der Waals surface area contributed by atoms with Gasteiger partial charge >= 0.3 is 78.4 Å². The van der Waals surface area contributed by atoms with Crippen LogP contribution in [0.1, 0.15) is 11.1 Å². The summed E-state index contributed by atoms with van der Waals surface area (Å²) in [5, 5.41) is 37.4. The van der Waals surface area contributed by atoms with E-state index in [0.29, 0.717) is 0 Å². The maximum Gasteiger partial charge on any atom is 0.139 e. The Balaban J connectivity index is 0.000000278. The molecule has 0 spiro atoms. The summed E-state index contributed by atoms with van der Waals surface area (Å²) in [5.41, 5.74) is 0.425. The third-order valence-corrected chi connectivity index (χ3v) is 11.2. The van der Waals surface area contributed by atoms with Crippen LogP contribution in [-0.4, -0.2) is 27.6 Å². The van der Waals surface area contributed by atoms with Crippen molar-refractivity contribution in [3.05, 3.63) is 83.7 Å². The van der Waals surface area contributed by atoms with Crippen LogP contribution in [0.5, 0.6) is 11.5 Å². The number of phenolic OH excluding ortho intramolecular Hbond substituents is 2. The molecule has 0 radical (unpaired) electrons.